The summed E-state index contributed by atoms with van der Waals surface area (Å²) in [6, 6.07) is 37.9. The number of aryl methyl sites for hydroxylation is 1. The molecule has 0 aliphatic carbocycles. The Bertz CT molecular complexity index is 2020. The van der Waals surface area contributed by atoms with Crippen LogP contribution in [0.15, 0.2) is 134 Å². The Morgan fingerprint density at radius 3 is 1.96 bits per heavy atom. The van der Waals surface area contributed by atoms with E-state index in [1.807, 2.05) is 37.9 Å². The second kappa shape index (κ2) is 12.3. The number of hydrogen-bond acceptors (Lipinski definition) is 6. The van der Waals surface area contributed by atoms with Gasteiger partial charge in [-0.1, -0.05) is 91.0 Å². The number of nitrogens with zero attached hydrogens (tertiary/aromatic N) is 6. The SMILES string of the molecule is Cn1cc(-c2cc(-c3nn(C(c4ccccc4)(c4ccccc4)c4ccccc4)c4ccnc(OC5CCOCC5)c34)ccn2)cn1. The molecule has 0 radical (unpaired) electrons. The van der Waals surface area contributed by atoms with E-state index in [1.54, 1.807) is 4.68 Å². The molecule has 4 aromatic heterocycles. The molecule has 8 nitrogen and oxygen atoms in total. The maximum atomic E-state index is 6.72. The van der Waals surface area contributed by atoms with Crippen molar-refractivity contribution in [1.29, 1.82) is 0 Å². The summed E-state index contributed by atoms with van der Waals surface area (Å²) in [5.74, 6) is 0.568. The summed E-state index contributed by atoms with van der Waals surface area (Å²) < 4.78 is 16.3. The lowest BCUT2D eigenvalue weighted by molar-refractivity contribution is 0.0244. The van der Waals surface area contributed by atoms with Gasteiger partial charge < -0.3 is 9.47 Å². The molecule has 0 saturated carbocycles. The van der Waals surface area contributed by atoms with E-state index in [0.717, 1.165) is 62.9 Å². The van der Waals surface area contributed by atoms with Crippen molar-refractivity contribution in [3.8, 4) is 28.4 Å². The van der Waals surface area contributed by atoms with Gasteiger partial charge in [0, 0.05) is 49.6 Å². The van der Waals surface area contributed by atoms with E-state index < -0.39 is 5.54 Å². The molecule has 1 aliphatic heterocycles. The second-order valence-electron chi connectivity index (χ2n) is 11.8. The Balaban J connectivity index is 1.45. The van der Waals surface area contributed by atoms with Crippen LogP contribution < -0.4 is 4.74 Å². The lowest BCUT2D eigenvalue weighted by Gasteiger charge is -2.37. The first-order valence-electron chi connectivity index (χ1n) is 16.0. The minimum absolute atomic E-state index is 0.00331. The van der Waals surface area contributed by atoms with Gasteiger partial charge in [-0.3, -0.25) is 9.67 Å². The van der Waals surface area contributed by atoms with Gasteiger partial charge in [0.2, 0.25) is 5.88 Å². The quantitative estimate of drug-likeness (QED) is 0.167. The van der Waals surface area contributed by atoms with Crippen LogP contribution in [0.5, 0.6) is 5.88 Å². The zero-order chi connectivity index (χ0) is 31.6. The summed E-state index contributed by atoms with van der Waals surface area (Å²) in [4.78, 5) is 9.53. The molecule has 8 rings (SSSR count). The molecule has 1 fully saturated rings. The maximum Gasteiger partial charge on any atom is 0.225 e. The molecule has 7 aromatic rings. The highest BCUT2D eigenvalue weighted by Gasteiger charge is 2.41. The third kappa shape index (κ3) is 5.16. The largest absolute Gasteiger partial charge is 0.474 e. The summed E-state index contributed by atoms with van der Waals surface area (Å²) in [6.07, 6.45) is 9.08. The molecule has 232 valence electrons. The number of ether oxygens (including phenoxy) is 2. The predicted molar refractivity (Wildman–Crippen MR) is 182 cm³/mol. The van der Waals surface area contributed by atoms with Gasteiger partial charge in [-0.2, -0.15) is 10.2 Å². The van der Waals surface area contributed by atoms with Crippen molar-refractivity contribution in [2.45, 2.75) is 24.5 Å². The van der Waals surface area contributed by atoms with E-state index in [1.165, 1.54) is 0 Å². The van der Waals surface area contributed by atoms with Crippen molar-refractivity contribution in [3.05, 3.63) is 151 Å². The number of benzene rings is 3. The molecule has 0 N–H and O–H groups in total. The Hall–Kier alpha value is -5.60. The highest BCUT2D eigenvalue weighted by molar-refractivity contribution is 5.98. The van der Waals surface area contributed by atoms with Gasteiger partial charge in [0.05, 0.1) is 36.0 Å². The molecule has 0 unspecified atom stereocenters. The zero-order valence-electron chi connectivity index (χ0n) is 26.1. The molecule has 8 heteroatoms. The van der Waals surface area contributed by atoms with Gasteiger partial charge >= 0.3 is 0 Å². The lowest BCUT2D eigenvalue weighted by Crippen LogP contribution is -2.38. The van der Waals surface area contributed by atoms with Crippen LogP contribution in [0.4, 0.5) is 0 Å². The van der Waals surface area contributed by atoms with E-state index in [-0.39, 0.29) is 6.10 Å². The summed E-state index contributed by atoms with van der Waals surface area (Å²) in [7, 11) is 1.91. The summed E-state index contributed by atoms with van der Waals surface area (Å²) in [5.41, 5.74) is 6.78. The molecule has 1 saturated heterocycles. The molecule has 0 amide bonds. The smallest absolute Gasteiger partial charge is 0.225 e. The highest BCUT2D eigenvalue weighted by Crippen LogP contribution is 2.45. The Morgan fingerprint density at radius 2 is 1.36 bits per heavy atom. The van der Waals surface area contributed by atoms with Gasteiger partial charge in [0.1, 0.15) is 17.3 Å². The average molecular weight is 619 g/mol. The van der Waals surface area contributed by atoms with Gasteiger partial charge in [-0.15, -0.1) is 0 Å². The lowest BCUT2D eigenvalue weighted by atomic mass is 9.77. The van der Waals surface area contributed by atoms with Crippen LogP contribution in [0.1, 0.15) is 29.5 Å². The van der Waals surface area contributed by atoms with Crippen LogP contribution in [0.3, 0.4) is 0 Å². The molecule has 47 heavy (non-hydrogen) atoms. The van der Waals surface area contributed by atoms with Gasteiger partial charge in [-0.05, 0) is 34.9 Å². The van der Waals surface area contributed by atoms with Crippen molar-refractivity contribution in [2.75, 3.05) is 13.2 Å². The number of fused-ring (bicyclic) bond motifs is 1. The summed E-state index contributed by atoms with van der Waals surface area (Å²) in [5, 5.41) is 10.8. The number of pyridine rings is 2. The monoisotopic (exact) mass is 618 g/mol. The minimum Gasteiger partial charge on any atom is -0.474 e. The molecular formula is C39H34N6O2. The van der Waals surface area contributed by atoms with Gasteiger partial charge in [0.15, 0.2) is 0 Å². The van der Waals surface area contributed by atoms with E-state index in [2.05, 4.69) is 113 Å². The second-order valence-corrected chi connectivity index (χ2v) is 11.8. The predicted octanol–water partition coefficient (Wildman–Crippen LogP) is 7.29. The fourth-order valence-corrected chi connectivity index (χ4v) is 6.73. The Labute approximate surface area is 273 Å². The fraction of sp³-hybridized carbons (Fsp3) is 0.179. The van der Waals surface area contributed by atoms with E-state index in [9.17, 15) is 0 Å². The van der Waals surface area contributed by atoms with Crippen molar-refractivity contribution in [1.82, 2.24) is 29.5 Å². The van der Waals surface area contributed by atoms with Crippen LogP contribution in [0.2, 0.25) is 0 Å². The number of rotatable bonds is 8. The fourth-order valence-electron chi connectivity index (χ4n) is 6.73. The molecule has 0 bridgehead atoms. The van der Waals surface area contributed by atoms with Crippen LogP contribution in [-0.4, -0.2) is 48.8 Å². The first-order chi connectivity index (χ1) is 23.2. The third-order valence-corrected chi connectivity index (χ3v) is 8.93. The van der Waals surface area contributed by atoms with Crippen molar-refractivity contribution in [2.24, 2.45) is 7.05 Å². The first kappa shape index (κ1) is 28.8. The van der Waals surface area contributed by atoms with Crippen molar-refractivity contribution in [3.63, 3.8) is 0 Å². The average Bonchev–Trinajstić information content (AvgIpc) is 3.76. The zero-order valence-corrected chi connectivity index (χ0v) is 26.1. The van der Waals surface area contributed by atoms with Crippen molar-refractivity contribution < 1.29 is 9.47 Å². The van der Waals surface area contributed by atoms with Crippen LogP contribution >= 0.6 is 0 Å². The molecule has 0 spiro atoms. The number of aromatic nitrogens is 6. The molecule has 0 atom stereocenters. The third-order valence-electron chi connectivity index (χ3n) is 8.93. The van der Waals surface area contributed by atoms with Gasteiger partial charge in [0.25, 0.3) is 0 Å². The van der Waals surface area contributed by atoms with E-state index in [4.69, 9.17) is 24.5 Å². The topological polar surface area (TPSA) is 79.9 Å². The molecule has 3 aromatic carbocycles. The molecular weight excluding hydrogens is 584 g/mol. The standard InChI is InChI=1S/C39H34N6O2/c1-44-27-29(26-42-44)34-25-28(17-21-40-34)37-36-35(18-22-41-38(36)47-33-19-23-46-24-20-33)45(43-37)39(30-11-5-2-6-12-30,31-13-7-3-8-14-31)32-15-9-4-10-16-32/h2-18,21-22,25-27,33H,19-20,23-24H2,1H3. The van der Waals surface area contributed by atoms with Crippen LogP contribution in [0.25, 0.3) is 33.4 Å². The maximum absolute atomic E-state index is 6.72. The van der Waals surface area contributed by atoms with Crippen molar-refractivity contribution >= 4 is 10.9 Å². The van der Waals surface area contributed by atoms with Gasteiger partial charge in [-0.25, -0.2) is 9.67 Å². The molecule has 1 aliphatic rings. The Kier molecular flexibility index (Phi) is 7.55. The molecule has 5 heterocycles. The minimum atomic E-state index is -0.823. The summed E-state index contributed by atoms with van der Waals surface area (Å²) >= 11 is 0. The highest BCUT2D eigenvalue weighted by atomic mass is 16.5. The van der Waals surface area contributed by atoms with E-state index in [0.29, 0.717) is 19.1 Å². The number of hydrogen-bond donors (Lipinski definition) is 0. The Morgan fingerprint density at radius 1 is 0.745 bits per heavy atom. The summed E-state index contributed by atoms with van der Waals surface area (Å²) in [6.45, 7) is 1.34. The van der Waals surface area contributed by atoms with E-state index >= 15 is 0 Å². The van der Waals surface area contributed by atoms with Crippen LogP contribution in [0, 0.1) is 0 Å². The first-order valence-corrected chi connectivity index (χ1v) is 16.0. The normalized spacial score (nSPS) is 14.0. The van der Waals surface area contributed by atoms with Crippen LogP contribution in [-0.2, 0) is 17.3 Å².